The van der Waals surface area contributed by atoms with Crippen LogP contribution < -0.4 is 10.5 Å². The summed E-state index contributed by atoms with van der Waals surface area (Å²) in [5, 5.41) is 0. The smallest absolute Gasteiger partial charge is 0.240 e. The Labute approximate surface area is 113 Å². The second-order valence-electron chi connectivity index (χ2n) is 5.56. The quantitative estimate of drug-likeness (QED) is 0.814. The van der Waals surface area contributed by atoms with E-state index in [1.54, 1.807) is 0 Å². The summed E-state index contributed by atoms with van der Waals surface area (Å²) in [6, 6.07) is 3.34. The van der Waals surface area contributed by atoms with Gasteiger partial charge in [-0.25, -0.2) is 17.5 Å². The van der Waals surface area contributed by atoms with Gasteiger partial charge in [-0.15, -0.1) is 0 Å². The van der Waals surface area contributed by atoms with Crippen LogP contribution in [0.1, 0.15) is 26.7 Å². The Bertz CT molecular complexity index is 560. The van der Waals surface area contributed by atoms with Gasteiger partial charge in [0.05, 0.1) is 4.90 Å². The van der Waals surface area contributed by atoms with Gasteiger partial charge in [-0.2, -0.15) is 0 Å². The number of sulfonamides is 1. The molecule has 0 heterocycles. The van der Waals surface area contributed by atoms with Crippen molar-refractivity contribution in [1.82, 2.24) is 4.72 Å². The molecule has 106 valence electrons. The molecular formula is C13H19FN2O2S. The second-order valence-corrected chi connectivity index (χ2v) is 7.33. The highest BCUT2D eigenvalue weighted by Gasteiger charge is 2.45. The third kappa shape index (κ3) is 3.06. The molecule has 0 aliphatic heterocycles. The van der Waals surface area contributed by atoms with E-state index in [2.05, 4.69) is 18.6 Å². The van der Waals surface area contributed by atoms with Gasteiger partial charge in [-0.3, -0.25) is 0 Å². The van der Waals surface area contributed by atoms with Crippen molar-refractivity contribution in [3.8, 4) is 0 Å². The Kier molecular flexibility index (Phi) is 3.57. The first-order chi connectivity index (χ1) is 8.75. The topological polar surface area (TPSA) is 72.2 Å². The fourth-order valence-corrected chi connectivity index (χ4v) is 3.38. The van der Waals surface area contributed by atoms with Gasteiger partial charge in [0, 0.05) is 12.2 Å². The van der Waals surface area contributed by atoms with E-state index in [0.717, 1.165) is 25.0 Å². The summed E-state index contributed by atoms with van der Waals surface area (Å²) in [5.41, 5.74) is 5.63. The molecule has 4 nitrogen and oxygen atoms in total. The minimum Gasteiger partial charge on any atom is -0.399 e. The van der Waals surface area contributed by atoms with Gasteiger partial charge in [0.1, 0.15) is 5.82 Å². The lowest BCUT2D eigenvalue weighted by atomic mass is 9.93. The van der Waals surface area contributed by atoms with Crippen molar-refractivity contribution >= 4 is 15.7 Å². The molecule has 6 heteroatoms. The monoisotopic (exact) mass is 286 g/mol. The number of halogens is 1. The van der Waals surface area contributed by atoms with Crippen molar-refractivity contribution in [3.63, 3.8) is 0 Å². The fourth-order valence-electron chi connectivity index (χ4n) is 2.18. The van der Waals surface area contributed by atoms with Gasteiger partial charge in [-0.1, -0.05) is 13.8 Å². The minimum absolute atomic E-state index is 0.0614. The van der Waals surface area contributed by atoms with Crippen molar-refractivity contribution in [2.24, 2.45) is 11.3 Å². The van der Waals surface area contributed by atoms with Crippen molar-refractivity contribution in [1.29, 1.82) is 0 Å². The summed E-state index contributed by atoms with van der Waals surface area (Å²) >= 11 is 0. The van der Waals surface area contributed by atoms with Gasteiger partial charge < -0.3 is 5.73 Å². The van der Waals surface area contributed by atoms with E-state index in [0.29, 0.717) is 12.5 Å². The Morgan fingerprint density at radius 3 is 2.47 bits per heavy atom. The summed E-state index contributed by atoms with van der Waals surface area (Å²) in [6.07, 6.45) is 2.05. The fraction of sp³-hybridized carbons (Fsp3) is 0.538. The average Bonchev–Trinajstić information content (AvgIpc) is 3.06. The highest BCUT2D eigenvalue weighted by atomic mass is 32.2. The molecule has 1 fully saturated rings. The molecule has 1 saturated carbocycles. The number of hydrogen-bond donors (Lipinski definition) is 2. The minimum atomic E-state index is -3.70. The van der Waals surface area contributed by atoms with Gasteiger partial charge in [0.15, 0.2) is 0 Å². The van der Waals surface area contributed by atoms with E-state index in [4.69, 9.17) is 5.73 Å². The molecule has 1 aromatic rings. The van der Waals surface area contributed by atoms with E-state index < -0.39 is 15.8 Å². The molecule has 0 spiro atoms. The SMILES string of the molecule is CC(C)C1(CNS(=O)(=O)c2cc(N)cc(F)c2)CC1. The summed E-state index contributed by atoms with van der Waals surface area (Å²) < 4.78 is 40.0. The van der Waals surface area contributed by atoms with Crippen LogP contribution >= 0.6 is 0 Å². The van der Waals surface area contributed by atoms with Gasteiger partial charge in [0.2, 0.25) is 10.0 Å². The maximum Gasteiger partial charge on any atom is 0.240 e. The molecule has 0 atom stereocenters. The third-order valence-corrected chi connectivity index (χ3v) is 5.32. The maximum absolute atomic E-state index is 13.2. The number of anilines is 1. The molecule has 19 heavy (non-hydrogen) atoms. The van der Waals surface area contributed by atoms with E-state index in [1.807, 2.05) is 0 Å². The van der Waals surface area contributed by atoms with Crippen LogP contribution in [0.5, 0.6) is 0 Å². The molecule has 0 aromatic heterocycles. The molecule has 2 rings (SSSR count). The van der Waals surface area contributed by atoms with E-state index in [9.17, 15) is 12.8 Å². The third-order valence-electron chi connectivity index (χ3n) is 3.94. The molecule has 0 saturated heterocycles. The van der Waals surface area contributed by atoms with Crippen LogP contribution in [0.15, 0.2) is 23.1 Å². The molecule has 1 aromatic carbocycles. The second kappa shape index (κ2) is 4.76. The Morgan fingerprint density at radius 1 is 1.37 bits per heavy atom. The van der Waals surface area contributed by atoms with Crippen LogP contribution in [0, 0.1) is 17.2 Å². The van der Waals surface area contributed by atoms with Gasteiger partial charge in [0.25, 0.3) is 0 Å². The first kappa shape index (κ1) is 14.3. The van der Waals surface area contributed by atoms with E-state index in [-0.39, 0.29) is 16.0 Å². The van der Waals surface area contributed by atoms with Crippen molar-refractivity contribution < 1.29 is 12.8 Å². The highest BCUT2D eigenvalue weighted by molar-refractivity contribution is 7.89. The summed E-state index contributed by atoms with van der Waals surface area (Å²) in [5.74, 6) is -0.224. The molecule has 3 N–H and O–H groups in total. The normalized spacial score (nSPS) is 17.7. The lowest BCUT2D eigenvalue weighted by Gasteiger charge is -2.20. The van der Waals surface area contributed by atoms with Crippen LogP contribution in [-0.4, -0.2) is 15.0 Å². The van der Waals surface area contributed by atoms with Crippen LogP contribution in [0.4, 0.5) is 10.1 Å². The van der Waals surface area contributed by atoms with Crippen LogP contribution in [-0.2, 0) is 10.0 Å². The maximum atomic E-state index is 13.2. The first-order valence-corrected chi connectivity index (χ1v) is 7.79. The zero-order chi connectivity index (χ0) is 14.3. The van der Waals surface area contributed by atoms with Crippen molar-refractivity contribution in [2.45, 2.75) is 31.6 Å². The average molecular weight is 286 g/mol. The predicted octanol–water partition coefficient (Wildman–Crippen LogP) is 2.12. The van der Waals surface area contributed by atoms with Crippen molar-refractivity contribution in [2.75, 3.05) is 12.3 Å². The number of rotatable bonds is 5. The number of nitrogen functional groups attached to an aromatic ring is 1. The number of nitrogens with one attached hydrogen (secondary N) is 1. The number of hydrogen-bond acceptors (Lipinski definition) is 3. The van der Waals surface area contributed by atoms with Crippen LogP contribution in [0.2, 0.25) is 0 Å². The summed E-state index contributed by atoms with van der Waals surface area (Å²) in [7, 11) is -3.70. The lowest BCUT2D eigenvalue weighted by molar-refractivity contribution is 0.357. The lowest BCUT2D eigenvalue weighted by Crippen LogP contribution is -2.32. The van der Waals surface area contributed by atoms with Gasteiger partial charge >= 0.3 is 0 Å². The molecule has 1 aliphatic rings. The highest BCUT2D eigenvalue weighted by Crippen LogP contribution is 2.51. The standard InChI is InChI=1S/C13H19FN2O2S/c1-9(2)13(3-4-13)8-16-19(17,18)12-6-10(14)5-11(15)7-12/h5-7,9,16H,3-4,8,15H2,1-2H3. The molecule has 0 bridgehead atoms. The van der Waals surface area contributed by atoms with E-state index in [1.165, 1.54) is 6.07 Å². The number of nitrogens with two attached hydrogens (primary N) is 1. The Morgan fingerprint density at radius 2 is 2.00 bits per heavy atom. The molecule has 0 radical (unpaired) electrons. The first-order valence-electron chi connectivity index (χ1n) is 6.31. The largest absolute Gasteiger partial charge is 0.399 e. The Hall–Kier alpha value is -1.14. The Balaban J connectivity index is 2.15. The van der Waals surface area contributed by atoms with Gasteiger partial charge in [-0.05, 0) is 42.4 Å². The van der Waals surface area contributed by atoms with Crippen LogP contribution in [0.3, 0.4) is 0 Å². The zero-order valence-corrected chi connectivity index (χ0v) is 11.9. The van der Waals surface area contributed by atoms with E-state index >= 15 is 0 Å². The predicted molar refractivity (Wildman–Crippen MR) is 72.5 cm³/mol. The molecule has 0 amide bonds. The number of benzene rings is 1. The van der Waals surface area contributed by atoms with Crippen molar-refractivity contribution in [3.05, 3.63) is 24.0 Å². The van der Waals surface area contributed by atoms with Crippen LogP contribution in [0.25, 0.3) is 0 Å². The molecule has 1 aliphatic carbocycles. The summed E-state index contributed by atoms with van der Waals surface area (Å²) in [4.78, 5) is -0.121. The summed E-state index contributed by atoms with van der Waals surface area (Å²) in [6.45, 7) is 4.56. The molecule has 0 unspecified atom stereocenters. The zero-order valence-electron chi connectivity index (χ0n) is 11.1. The molecular weight excluding hydrogens is 267 g/mol.